The van der Waals surface area contributed by atoms with Gasteiger partial charge in [0.25, 0.3) is 5.91 Å². The molecule has 1 aromatic rings. The number of amides is 1. The Hall–Kier alpha value is -1.89. The van der Waals surface area contributed by atoms with E-state index in [0.717, 1.165) is 6.39 Å². The molecular weight excluding hydrogens is 204 g/mol. The number of aliphatic hydroxyl groups is 1. The number of oxazole rings is 1. The number of aryl methyl sites for hydroxylation is 1. The summed E-state index contributed by atoms with van der Waals surface area (Å²) in [5.41, 5.74) is 0.356. The lowest BCUT2D eigenvalue weighted by atomic mass is 10.3. The fourth-order valence-electron chi connectivity index (χ4n) is 0.929. The molecule has 0 fully saturated rings. The summed E-state index contributed by atoms with van der Waals surface area (Å²) in [7, 11) is 0. The van der Waals surface area contributed by atoms with Crippen molar-refractivity contribution in [1.29, 1.82) is 0 Å². The standard InChI is InChI=1S/C8H10N2O5/c1-4-6(15-3-9-4)7(12)10-5(2-11)8(13)14/h3,5,11H,2H2,1H3,(H,10,12)(H,13,14)/t5-/m0/s1. The molecule has 0 aromatic carbocycles. The molecule has 7 nitrogen and oxygen atoms in total. The normalized spacial score (nSPS) is 12.1. The summed E-state index contributed by atoms with van der Waals surface area (Å²) in [5.74, 6) is -2.09. The second kappa shape index (κ2) is 4.56. The van der Waals surface area contributed by atoms with Crippen molar-refractivity contribution < 1.29 is 24.2 Å². The lowest BCUT2D eigenvalue weighted by Crippen LogP contribution is -2.43. The molecule has 0 saturated heterocycles. The van der Waals surface area contributed by atoms with E-state index in [0.29, 0.717) is 5.69 Å². The molecule has 0 aliphatic rings. The first-order chi connectivity index (χ1) is 7.06. The highest BCUT2D eigenvalue weighted by Crippen LogP contribution is 2.04. The van der Waals surface area contributed by atoms with Crippen molar-refractivity contribution in [3.8, 4) is 0 Å². The zero-order valence-corrected chi connectivity index (χ0v) is 7.93. The van der Waals surface area contributed by atoms with E-state index in [1.807, 2.05) is 0 Å². The summed E-state index contributed by atoms with van der Waals surface area (Å²) >= 11 is 0. The summed E-state index contributed by atoms with van der Waals surface area (Å²) < 4.78 is 4.75. The number of aromatic nitrogens is 1. The maximum atomic E-state index is 11.4. The first-order valence-electron chi connectivity index (χ1n) is 4.11. The Balaban J connectivity index is 2.71. The third-order valence-corrected chi connectivity index (χ3v) is 1.74. The van der Waals surface area contributed by atoms with E-state index in [2.05, 4.69) is 10.3 Å². The van der Waals surface area contributed by atoms with Crippen molar-refractivity contribution >= 4 is 11.9 Å². The van der Waals surface area contributed by atoms with Crippen LogP contribution in [0.2, 0.25) is 0 Å². The first-order valence-corrected chi connectivity index (χ1v) is 4.11. The zero-order chi connectivity index (χ0) is 11.4. The average Bonchev–Trinajstić information content (AvgIpc) is 2.60. The van der Waals surface area contributed by atoms with E-state index in [1.54, 1.807) is 6.92 Å². The van der Waals surface area contributed by atoms with Crippen LogP contribution in [0, 0.1) is 6.92 Å². The van der Waals surface area contributed by atoms with E-state index in [4.69, 9.17) is 14.6 Å². The Labute approximate surface area is 84.7 Å². The zero-order valence-electron chi connectivity index (χ0n) is 7.93. The number of carboxylic acids is 1. The second-order valence-electron chi connectivity index (χ2n) is 2.81. The summed E-state index contributed by atoms with van der Waals surface area (Å²) in [6, 6.07) is -1.35. The number of carbonyl (C=O) groups is 2. The highest BCUT2D eigenvalue weighted by molar-refractivity contribution is 5.95. The molecule has 82 valence electrons. The second-order valence-corrected chi connectivity index (χ2v) is 2.81. The van der Waals surface area contributed by atoms with E-state index in [9.17, 15) is 9.59 Å². The molecule has 1 heterocycles. The maximum Gasteiger partial charge on any atom is 0.328 e. The molecule has 0 spiro atoms. The summed E-state index contributed by atoms with van der Waals surface area (Å²) in [5, 5.41) is 19.3. The molecule has 3 N–H and O–H groups in total. The number of aliphatic hydroxyl groups excluding tert-OH is 1. The molecule has 7 heteroatoms. The molecule has 0 aliphatic carbocycles. The van der Waals surface area contributed by atoms with Gasteiger partial charge in [0.1, 0.15) is 0 Å². The summed E-state index contributed by atoms with van der Waals surface area (Å²) in [6.45, 7) is 0.862. The van der Waals surface area contributed by atoms with Crippen LogP contribution in [0.3, 0.4) is 0 Å². The first kappa shape index (κ1) is 11.2. The van der Waals surface area contributed by atoms with Gasteiger partial charge in [0.05, 0.1) is 12.3 Å². The van der Waals surface area contributed by atoms with Gasteiger partial charge in [0.15, 0.2) is 12.4 Å². The van der Waals surface area contributed by atoms with Crippen molar-refractivity contribution in [3.63, 3.8) is 0 Å². The van der Waals surface area contributed by atoms with Crippen LogP contribution in [-0.4, -0.2) is 39.7 Å². The van der Waals surface area contributed by atoms with Crippen molar-refractivity contribution in [3.05, 3.63) is 17.8 Å². The topological polar surface area (TPSA) is 113 Å². The van der Waals surface area contributed by atoms with Crippen LogP contribution in [-0.2, 0) is 4.79 Å². The van der Waals surface area contributed by atoms with Crippen molar-refractivity contribution in [2.75, 3.05) is 6.61 Å². The van der Waals surface area contributed by atoms with Crippen LogP contribution in [0.15, 0.2) is 10.8 Å². The highest BCUT2D eigenvalue weighted by Gasteiger charge is 2.22. The largest absolute Gasteiger partial charge is 0.480 e. The Kier molecular flexibility index (Phi) is 3.40. The highest BCUT2D eigenvalue weighted by atomic mass is 16.4. The number of aliphatic carboxylic acids is 1. The fraction of sp³-hybridized carbons (Fsp3) is 0.375. The third-order valence-electron chi connectivity index (χ3n) is 1.74. The average molecular weight is 214 g/mol. The van der Waals surface area contributed by atoms with E-state index in [-0.39, 0.29) is 5.76 Å². The Morgan fingerprint density at radius 3 is 2.73 bits per heavy atom. The minimum absolute atomic E-state index is 0.0605. The van der Waals surface area contributed by atoms with E-state index in [1.165, 1.54) is 0 Å². The van der Waals surface area contributed by atoms with Crippen molar-refractivity contribution in [1.82, 2.24) is 10.3 Å². The van der Waals surface area contributed by atoms with Crippen LogP contribution < -0.4 is 5.32 Å². The van der Waals surface area contributed by atoms with Gasteiger partial charge in [-0.15, -0.1) is 0 Å². The van der Waals surface area contributed by atoms with Crippen molar-refractivity contribution in [2.45, 2.75) is 13.0 Å². The number of nitrogens with one attached hydrogen (secondary N) is 1. The Morgan fingerprint density at radius 1 is 1.67 bits per heavy atom. The van der Waals surface area contributed by atoms with Crippen LogP contribution in [0.4, 0.5) is 0 Å². The monoisotopic (exact) mass is 214 g/mol. The molecule has 15 heavy (non-hydrogen) atoms. The summed E-state index contributed by atoms with van der Waals surface area (Å²) in [6.07, 6.45) is 1.08. The molecule has 1 amide bonds. The summed E-state index contributed by atoms with van der Waals surface area (Å²) in [4.78, 5) is 25.6. The molecular formula is C8H10N2O5. The van der Waals surface area contributed by atoms with Gasteiger partial charge < -0.3 is 19.9 Å². The number of carbonyl (C=O) groups excluding carboxylic acids is 1. The van der Waals surface area contributed by atoms with E-state index >= 15 is 0 Å². The molecule has 0 saturated carbocycles. The number of hydrogen-bond donors (Lipinski definition) is 3. The number of carboxylic acid groups (broad SMARTS) is 1. The van der Waals surface area contributed by atoms with Crippen LogP contribution in [0.5, 0.6) is 0 Å². The molecule has 1 rings (SSSR count). The Bertz CT molecular complexity index is 373. The van der Waals surface area contributed by atoms with Crippen LogP contribution in [0.25, 0.3) is 0 Å². The van der Waals surface area contributed by atoms with Gasteiger partial charge in [-0.05, 0) is 6.92 Å². The number of nitrogens with zero attached hydrogens (tertiary/aromatic N) is 1. The Morgan fingerprint density at radius 2 is 2.33 bits per heavy atom. The molecule has 0 bridgehead atoms. The van der Waals surface area contributed by atoms with Gasteiger partial charge in [0.2, 0.25) is 5.76 Å². The minimum Gasteiger partial charge on any atom is -0.480 e. The predicted octanol–water partition coefficient (Wildman–Crippen LogP) is -0.842. The molecule has 1 aromatic heterocycles. The van der Waals surface area contributed by atoms with E-state index < -0.39 is 24.5 Å². The molecule has 0 unspecified atom stereocenters. The number of hydrogen-bond acceptors (Lipinski definition) is 5. The van der Waals surface area contributed by atoms with Gasteiger partial charge in [-0.25, -0.2) is 9.78 Å². The lowest BCUT2D eigenvalue weighted by Gasteiger charge is -2.09. The lowest BCUT2D eigenvalue weighted by molar-refractivity contribution is -0.140. The molecule has 1 atom stereocenters. The van der Waals surface area contributed by atoms with Gasteiger partial charge >= 0.3 is 5.97 Å². The predicted molar refractivity (Wildman–Crippen MR) is 47.2 cm³/mol. The SMILES string of the molecule is Cc1ncoc1C(=O)N[C@@H](CO)C(=O)O. The smallest absolute Gasteiger partial charge is 0.328 e. The maximum absolute atomic E-state index is 11.4. The van der Waals surface area contributed by atoms with Gasteiger partial charge in [-0.3, -0.25) is 4.79 Å². The van der Waals surface area contributed by atoms with Gasteiger partial charge in [-0.2, -0.15) is 0 Å². The van der Waals surface area contributed by atoms with Crippen molar-refractivity contribution in [2.24, 2.45) is 0 Å². The minimum atomic E-state index is -1.35. The van der Waals surface area contributed by atoms with Crippen LogP contribution >= 0.6 is 0 Å². The molecule has 0 aliphatic heterocycles. The van der Waals surface area contributed by atoms with Crippen LogP contribution in [0.1, 0.15) is 16.2 Å². The van der Waals surface area contributed by atoms with Gasteiger partial charge in [0, 0.05) is 0 Å². The van der Waals surface area contributed by atoms with Gasteiger partial charge in [-0.1, -0.05) is 0 Å². The quantitative estimate of drug-likeness (QED) is 0.602. The third kappa shape index (κ3) is 2.53. The number of rotatable bonds is 4. The molecule has 0 radical (unpaired) electrons. The fourth-order valence-corrected chi connectivity index (χ4v) is 0.929.